The first-order chi connectivity index (χ1) is 13.9. The molecule has 29 heavy (non-hydrogen) atoms. The first-order valence-corrected chi connectivity index (χ1v) is 10.1. The summed E-state index contributed by atoms with van der Waals surface area (Å²) >= 11 is 10.2. The Balaban J connectivity index is 1.53. The summed E-state index contributed by atoms with van der Waals surface area (Å²) in [6.45, 7) is 0. The summed E-state index contributed by atoms with van der Waals surface area (Å²) in [7, 11) is 0. The van der Waals surface area contributed by atoms with Gasteiger partial charge in [0.05, 0.1) is 12.6 Å². The lowest BCUT2D eigenvalue weighted by Crippen LogP contribution is -2.19. The third kappa shape index (κ3) is 6.08. The molecular weight excluding hydrogens is 482 g/mol. The molecule has 3 rings (SSSR count). The number of nitrogens with one attached hydrogen (secondary N) is 2. The molecule has 0 atom stereocenters. The minimum atomic E-state index is -0.414. The van der Waals surface area contributed by atoms with E-state index in [-0.39, 0.29) is 23.2 Å². The molecule has 0 spiro atoms. The molecule has 0 aliphatic rings. The van der Waals surface area contributed by atoms with Crippen LogP contribution in [0.5, 0.6) is 5.75 Å². The van der Waals surface area contributed by atoms with Crippen molar-refractivity contribution < 1.29 is 14.7 Å². The van der Waals surface area contributed by atoms with Crippen molar-refractivity contribution in [2.24, 2.45) is 5.10 Å². The smallest absolute Gasteiger partial charge is 0.257 e. The highest BCUT2D eigenvalue weighted by atomic mass is 79.9. The predicted molar refractivity (Wildman–Crippen MR) is 115 cm³/mol. The molecule has 11 heteroatoms. The van der Waals surface area contributed by atoms with Crippen LogP contribution in [0.25, 0.3) is 0 Å². The quantitative estimate of drug-likeness (QED) is 0.358. The number of aromatic hydroxyl groups is 1. The van der Waals surface area contributed by atoms with Gasteiger partial charge in [0.1, 0.15) is 10.8 Å². The second kappa shape index (κ2) is 9.59. The number of aromatic nitrogens is 2. The molecule has 2 amide bonds. The topological polar surface area (TPSA) is 117 Å². The van der Waals surface area contributed by atoms with E-state index in [0.717, 1.165) is 15.8 Å². The molecule has 0 unspecified atom stereocenters. The van der Waals surface area contributed by atoms with E-state index >= 15 is 0 Å². The summed E-state index contributed by atoms with van der Waals surface area (Å²) in [4.78, 5) is 24.1. The summed E-state index contributed by atoms with van der Waals surface area (Å²) in [5.41, 5.74) is 3.22. The average molecular weight is 495 g/mol. The van der Waals surface area contributed by atoms with Gasteiger partial charge >= 0.3 is 0 Å². The van der Waals surface area contributed by atoms with Crippen LogP contribution in [0.1, 0.15) is 20.9 Å². The maximum atomic E-state index is 12.1. The number of nitrogens with zero attached hydrogens (tertiary/aromatic N) is 3. The van der Waals surface area contributed by atoms with Gasteiger partial charge in [-0.25, -0.2) is 5.43 Å². The number of hydrazone groups is 1. The van der Waals surface area contributed by atoms with Gasteiger partial charge in [-0.05, 0) is 42.5 Å². The highest BCUT2D eigenvalue weighted by Crippen LogP contribution is 2.20. The Morgan fingerprint density at radius 3 is 2.72 bits per heavy atom. The van der Waals surface area contributed by atoms with Gasteiger partial charge in [-0.1, -0.05) is 38.9 Å². The number of benzene rings is 2. The minimum absolute atomic E-state index is 0.0383. The van der Waals surface area contributed by atoms with Crippen molar-refractivity contribution in [1.82, 2.24) is 15.6 Å². The second-order valence-corrected chi connectivity index (χ2v) is 8.05. The van der Waals surface area contributed by atoms with Crippen LogP contribution in [-0.4, -0.2) is 33.3 Å². The zero-order valence-electron chi connectivity index (χ0n) is 14.6. The van der Waals surface area contributed by atoms with Crippen molar-refractivity contribution in [3.63, 3.8) is 0 Å². The van der Waals surface area contributed by atoms with Crippen LogP contribution in [0.3, 0.4) is 0 Å². The van der Waals surface area contributed by atoms with Gasteiger partial charge < -0.3 is 5.11 Å². The van der Waals surface area contributed by atoms with Gasteiger partial charge in [-0.3, -0.25) is 14.9 Å². The molecule has 0 aliphatic heterocycles. The van der Waals surface area contributed by atoms with Crippen molar-refractivity contribution in [2.75, 3.05) is 5.32 Å². The van der Waals surface area contributed by atoms with Gasteiger partial charge in [0.15, 0.2) is 0 Å². The molecule has 3 aromatic rings. The first-order valence-electron chi connectivity index (χ1n) is 8.10. The Morgan fingerprint density at radius 2 is 1.97 bits per heavy atom. The fraction of sp³-hybridized carbons (Fsp3) is 0.0556. The number of carbonyl (C=O) groups is 2. The number of rotatable bonds is 6. The molecule has 0 saturated heterocycles. The largest absolute Gasteiger partial charge is 0.507 e. The van der Waals surface area contributed by atoms with Gasteiger partial charge in [0.2, 0.25) is 11.0 Å². The molecule has 0 fully saturated rings. The van der Waals surface area contributed by atoms with Gasteiger partial charge in [0.25, 0.3) is 5.91 Å². The maximum Gasteiger partial charge on any atom is 0.257 e. The monoisotopic (exact) mass is 493 g/mol. The third-order valence-electron chi connectivity index (χ3n) is 3.49. The highest BCUT2D eigenvalue weighted by Gasteiger charge is 2.12. The average Bonchev–Trinajstić information content (AvgIpc) is 3.11. The van der Waals surface area contributed by atoms with Crippen molar-refractivity contribution in [2.45, 2.75) is 6.42 Å². The van der Waals surface area contributed by atoms with Crippen molar-refractivity contribution in [1.29, 1.82) is 0 Å². The number of hydrogen-bond acceptors (Lipinski definition) is 7. The first kappa shape index (κ1) is 20.9. The number of anilines is 1. The van der Waals surface area contributed by atoms with E-state index in [1.807, 2.05) is 0 Å². The number of halogens is 2. The van der Waals surface area contributed by atoms with E-state index in [4.69, 9.17) is 11.6 Å². The van der Waals surface area contributed by atoms with Crippen molar-refractivity contribution in [3.05, 3.63) is 68.1 Å². The SMILES string of the molecule is O=C(Cc1nnc(NC(=O)c2ccc(Cl)cc2)s1)N/N=C\c1cc(Br)ccc1O. The molecule has 0 bridgehead atoms. The lowest BCUT2D eigenvalue weighted by molar-refractivity contribution is -0.120. The lowest BCUT2D eigenvalue weighted by atomic mass is 10.2. The number of phenolic OH excluding ortho intramolecular Hbond substituents is 1. The molecular formula is C18H13BrClN5O3S. The maximum absolute atomic E-state index is 12.1. The Morgan fingerprint density at radius 1 is 1.21 bits per heavy atom. The summed E-state index contributed by atoms with van der Waals surface area (Å²) in [6, 6.07) is 11.3. The van der Waals surface area contributed by atoms with Crippen LogP contribution in [0, 0.1) is 0 Å². The standard InChI is InChI=1S/C18H13BrClN5O3S/c19-12-3-6-14(26)11(7-12)9-21-23-15(27)8-16-24-25-18(29-16)22-17(28)10-1-4-13(20)5-2-10/h1-7,9,26H,8H2,(H,23,27)(H,22,25,28)/b21-9-. The number of phenols is 1. The third-order valence-corrected chi connectivity index (χ3v) is 5.07. The lowest BCUT2D eigenvalue weighted by Gasteiger charge is -2.01. The summed E-state index contributed by atoms with van der Waals surface area (Å²) in [6.07, 6.45) is 1.27. The van der Waals surface area contributed by atoms with E-state index in [2.05, 4.69) is 42.0 Å². The molecule has 148 valence electrons. The van der Waals surface area contributed by atoms with Crippen LogP contribution < -0.4 is 10.7 Å². The van der Waals surface area contributed by atoms with Crippen molar-refractivity contribution in [3.8, 4) is 5.75 Å². The fourth-order valence-corrected chi connectivity index (χ4v) is 3.36. The highest BCUT2D eigenvalue weighted by molar-refractivity contribution is 9.10. The number of carbonyl (C=O) groups excluding carboxylic acids is 2. The molecule has 8 nitrogen and oxygen atoms in total. The zero-order chi connectivity index (χ0) is 20.8. The van der Waals surface area contributed by atoms with Crippen molar-refractivity contribution >= 4 is 62.0 Å². The van der Waals surface area contributed by atoms with E-state index in [9.17, 15) is 14.7 Å². The molecule has 0 saturated carbocycles. The van der Waals surface area contributed by atoms with E-state index in [0.29, 0.717) is 21.2 Å². The van der Waals surface area contributed by atoms with Crippen LogP contribution in [0.15, 0.2) is 52.0 Å². The summed E-state index contributed by atoms with van der Waals surface area (Å²) in [5.74, 6) is -0.730. The van der Waals surface area contributed by atoms with Crippen LogP contribution in [0.4, 0.5) is 5.13 Å². The zero-order valence-corrected chi connectivity index (χ0v) is 17.8. The van der Waals surface area contributed by atoms with Crippen LogP contribution >= 0.6 is 38.9 Å². The number of amides is 2. The van der Waals surface area contributed by atoms with E-state index in [1.165, 1.54) is 12.3 Å². The Labute approximate surface area is 182 Å². The molecule has 1 heterocycles. The van der Waals surface area contributed by atoms with Crippen LogP contribution in [0.2, 0.25) is 5.02 Å². The normalized spacial score (nSPS) is 10.8. The predicted octanol–water partition coefficient (Wildman–Crippen LogP) is 3.60. The Bertz CT molecular complexity index is 1070. The summed E-state index contributed by atoms with van der Waals surface area (Å²) < 4.78 is 0.769. The minimum Gasteiger partial charge on any atom is -0.507 e. The van der Waals surface area contributed by atoms with Gasteiger partial charge in [0, 0.05) is 20.6 Å². The molecule has 3 N–H and O–H groups in total. The number of hydrogen-bond donors (Lipinski definition) is 3. The Hall–Kier alpha value is -2.82. The summed E-state index contributed by atoms with van der Waals surface area (Å²) in [5, 5.41) is 25.1. The van der Waals surface area contributed by atoms with E-state index < -0.39 is 5.91 Å². The molecule has 1 aromatic heterocycles. The van der Waals surface area contributed by atoms with Gasteiger partial charge in [-0.15, -0.1) is 10.2 Å². The van der Waals surface area contributed by atoms with Gasteiger partial charge in [-0.2, -0.15) is 5.10 Å². The molecule has 2 aromatic carbocycles. The van der Waals surface area contributed by atoms with Crippen LogP contribution in [-0.2, 0) is 11.2 Å². The molecule has 0 aliphatic carbocycles. The van der Waals surface area contributed by atoms with E-state index in [1.54, 1.807) is 36.4 Å². The Kier molecular flexibility index (Phi) is 6.91. The fourth-order valence-electron chi connectivity index (χ4n) is 2.13. The second-order valence-electron chi connectivity index (χ2n) is 5.64. The molecule has 0 radical (unpaired) electrons.